The predicted octanol–water partition coefficient (Wildman–Crippen LogP) is 2.34. The highest BCUT2D eigenvalue weighted by Gasteiger charge is 2.08. The Morgan fingerprint density at radius 1 is 0.960 bits per heavy atom. The molecule has 0 aliphatic rings. The molecule has 25 heavy (non-hydrogen) atoms. The van der Waals surface area contributed by atoms with E-state index in [0.717, 1.165) is 27.6 Å². The second-order valence-corrected chi connectivity index (χ2v) is 5.75. The highest BCUT2D eigenvalue weighted by Crippen LogP contribution is 2.16. The minimum atomic E-state index is -0.0597. The molecule has 0 aliphatic carbocycles. The SMILES string of the molecule is O=CNCc1ccc(CNC(=O)Cc2nccc3ccccc23)cc1. The third-order valence-electron chi connectivity index (χ3n) is 3.99. The maximum Gasteiger partial charge on any atom is 0.226 e. The van der Waals surface area contributed by atoms with E-state index in [-0.39, 0.29) is 12.3 Å². The first-order valence-corrected chi connectivity index (χ1v) is 8.10. The first-order valence-electron chi connectivity index (χ1n) is 8.10. The van der Waals surface area contributed by atoms with Gasteiger partial charge < -0.3 is 10.6 Å². The first-order chi connectivity index (χ1) is 12.3. The molecule has 126 valence electrons. The highest BCUT2D eigenvalue weighted by molar-refractivity contribution is 5.88. The molecule has 0 fully saturated rings. The average molecular weight is 333 g/mol. The number of fused-ring (bicyclic) bond motifs is 1. The Balaban J connectivity index is 1.58. The Bertz CT molecular complexity index is 870. The maximum atomic E-state index is 12.2. The van der Waals surface area contributed by atoms with Gasteiger partial charge in [-0.1, -0.05) is 48.5 Å². The average Bonchev–Trinajstić information content (AvgIpc) is 2.66. The van der Waals surface area contributed by atoms with Crippen LogP contribution in [0.5, 0.6) is 0 Å². The van der Waals surface area contributed by atoms with Crippen molar-refractivity contribution in [3.8, 4) is 0 Å². The lowest BCUT2D eigenvalue weighted by Gasteiger charge is -2.08. The van der Waals surface area contributed by atoms with Crippen LogP contribution in [-0.2, 0) is 29.1 Å². The Kier molecular flexibility index (Phi) is 5.36. The van der Waals surface area contributed by atoms with E-state index < -0.39 is 0 Å². The van der Waals surface area contributed by atoms with Gasteiger partial charge in [-0.2, -0.15) is 0 Å². The smallest absolute Gasteiger partial charge is 0.226 e. The molecule has 0 radical (unpaired) electrons. The number of amides is 2. The van der Waals surface area contributed by atoms with Crippen LogP contribution >= 0.6 is 0 Å². The number of pyridine rings is 1. The molecule has 2 aromatic carbocycles. The van der Waals surface area contributed by atoms with E-state index >= 15 is 0 Å². The molecule has 0 saturated heterocycles. The van der Waals surface area contributed by atoms with Gasteiger partial charge in [-0.05, 0) is 22.6 Å². The van der Waals surface area contributed by atoms with Crippen LogP contribution in [-0.4, -0.2) is 17.3 Å². The molecule has 3 aromatic rings. The Hall–Kier alpha value is -3.21. The van der Waals surface area contributed by atoms with Crippen molar-refractivity contribution in [3.63, 3.8) is 0 Å². The lowest BCUT2D eigenvalue weighted by Crippen LogP contribution is -2.25. The van der Waals surface area contributed by atoms with Gasteiger partial charge in [0.2, 0.25) is 12.3 Å². The highest BCUT2D eigenvalue weighted by atomic mass is 16.1. The van der Waals surface area contributed by atoms with Gasteiger partial charge in [0, 0.05) is 24.7 Å². The van der Waals surface area contributed by atoms with Crippen molar-refractivity contribution < 1.29 is 9.59 Å². The summed E-state index contributed by atoms with van der Waals surface area (Å²) in [6.07, 6.45) is 2.66. The molecule has 0 saturated carbocycles. The minimum Gasteiger partial charge on any atom is -0.355 e. The number of nitrogens with one attached hydrogen (secondary N) is 2. The van der Waals surface area contributed by atoms with E-state index in [1.807, 2.05) is 54.6 Å². The molecule has 0 aliphatic heterocycles. The van der Waals surface area contributed by atoms with E-state index in [2.05, 4.69) is 15.6 Å². The lowest BCUT2D eigenvalue weighted by molar-refractivity contribution is -0.120. The van der Waals surface area contributed by atoms with Gasteiger partial charge in [0.15, 0.2) is 0 Å². The topological polar surface area (TPSA) is 71.1 Å². The number of aromatic nitrogens is 1. The molecule has 1 aromatic heterocycles. The van der Waals surface area contributed by atoms with Crippen LogP contribution < -0.4 is 10.6 Å². The fourth-order valence-electron chi connectivity index (χ4n) is 2.67. The van der Waals surface area contributed by atoms with Crippen molar-refractivity contribution >= 4 is 23.1 Å². The second-order valence-electron chi connectivity index (χ2n) is 5.75. The van der Waals surface area contributed by atoms with Crippen LogP contribution in [0, 0.1) is 0 Å². The Morgan fingerprint density at radius 2 is 1.68 bits per heavy atom. The molecule has 1 heterocycles. The molecule has 0 spiro atoms. The summed E-state index contributed by atoms with van der Waals surface area (Å²) in [5.41, 5.74) is 2.81. The minimum absolute atomic E-state index is 0.0597. The lowest BCUT2D eigenvalue weighted by atomic mass is 10.1. The third-order valence-corrected chi connectivity index (χ3v) is 3.99. The normalized spacial score (nSPS) is 10.4. The summed E-state index contributed by atoms with van der Waals surface area (Å²) in [7, 11) is 0. The summed E-state index contributed by atoms with van der Waals surface area (Å²) in [5.74, 6) is -0.0597. The zero-order valence-corrected chi connectivity index (χ0v) is 13.7. The number of rotatable bonds is 7. The summed E-state index contributed by atoms with van der Waals surface area (Å²) in [6, 6.07) is 17.6. The second kappa shape index (κ2) is 8.06. The third kappa shape index (κ3) is 4.41. The number of benzene rings is 2. The number of hydrogen-bond donors (Lipinski definition) is 2. The van der Waals surface area contributed by atoms with E-state index in [0.29, 0.717) is 19.5 Å². The number of hydrogen-bond acceptors (Lipinski definition) is 3. The summed E-state index contributed by atoms with van der Waals surface area (Å²) in [4.78, 5) is 26.9. The van der Waals surface area contributed by atoms with Gasteiger partial charge in [0.25, 0.3) is 0 Å². The summed E-state index contributed by atoms with van der Waals surface area (Å²) < 4.78 is 0. The van der Waals surface area contributed by atoms with Crippen LogP contribution in [0.15, 0.2) is 60.8 Å². The number of carbonyl (C=O) groups is 2. The molecule has 5 heteroatoms. The predicted molar refractivity (Wildman–Crippen MR) is 96.6 cm³/mol. The van der Waals surface area contributed by atoms with Crippen molar-refractivity contribution in [1.82, 2.24) is 15.6 Å². The fraction of sp³-hybridized carbons (Fsp3) is 0.150. The molecule has 3 rings (SSSR count). The zero-order chi connectivity index (χ0) is 17.5. The molecule has 0 bridgehead atoms. The van der Waals surface area contributed by atoms with Crippen molar-refractivity contribution in [2.24, 2.45) is 0 Å². The number of nitrogens with zero attached hydrogens (tertiary/aromatic N) is 1. The van der Waals surface area contributed by atoms with Crippen LogP contribution in [0.25, 0.3) is 10.8 Å². The largest absolute Gasteiger partial charge is 0.355 e. The molecule has 2 amide bonds. The summed E-state index contributed by atoms with van der Waals surface area (Å²) in [6.45, 7) is 0.966. The van der Waals surface area contributed by atoms with Crippen molar-refractivity contribution in [3.05, 3.63) is 77.6 Å². The van der Waals surface area contributed by atoms with E-state index in [4.69, 9.17) is 0 Å². The standard InChI is InChI=1S/C20H19N3O2/c24-14-21-12-15-5-7-16(8-6-15)13-23-20(25)11-19-18-4-2-1-3-17(18)9-10-22-19/h1-10,14H,11-13H2,(H,21,24)(H,23,25). The number of carbonyl (C=O) groups excluding carboxylic acids is 2. The van der Waals surface area contributed by atoms with Gasteiger partial charge in [0.1, 0.15) is 0 Å². The zero-order valence-electron chi connectivity index (χ0n) is 13.7. The van der Waals surface area contributed by atoms with Gasteiger partial charge in [-0.25, -0.2) is 0 Å². The summed E-state index contributed by atoms with van der Waals surface area (Å²) >= 11 is 0. The van der Waals surface area contributed by atoms with E-state index in [9.17, 15) is 9.59 Å². The van der Waals surface area contributed by atoms with Crippen LogP contribution in [0.4, 0.5) is 0 Å². The van der Waals surface area contributed by atoms with Crippen LogP contribution in [0.2, 0.25) is 0 Å². The molecule has 0 atom stereocenters. The van der Waals surface area contributed by atoms with Gasteiger partial charge in [-0.15, -0.1) is 0 Å². The van der Waals surface area contributed by atoms with E-state index in [1.165, 1.54) is 0 Å². The molecule has 0 unspecified atom stereocenters. The summed E-state index contributed by atoms with van der Waals surface area (Å²) in [5, 5.41) is 7.63. The molecule has 2 N–H and O–H groups in total. The Labute approximate surface area is 146 Å². The van der Waals surface area contributed by atoms with Gasteiger partial charge in [0.05, 0.1) is 12.1 Å². The quantitative estimate of drug-likeness (QED) is 0.652. The van der Waals surface area contributed by atoms with Crippen LogP contribution in [0.1, 0.15) is 16.8 Å². The first kappa shape index (κ1) is 16.6. The van der Waals surface area contributed by atoms with Crippen molar-refractivity contribution in [2.45, 2.75) is 19.5 Å². The molecule has 5 nitrogen and oxygen atoms in total. The van der Waals surface area contributed by atoms with Crippen LogP contribution in [0.3, 0.4) is 0 Å². The van der Waals surface area contributed by atoms with Gasteiger partial charge in [-0.3, -0.25) is 14.6 Å². The van der Waals surface area contributed by atoms with Crippen molar-refractivity contribution in [1.29, 1.82) is 0 Å². The monoisotopic (exact) mass is 333 g/mol. The maximum absolute atomic E-state index is 12.2. The van der Waals surface area contributed by atoms with E-state index in [1.54, 1.807) is 6.20 Å². The fourth-order valence-corrected chi connectivity index (χ4v) is 2.67. The van der Waals surface area contributed by atoms with Gasteiger partial charge >= 0.3 is 0 Å². The molecular formula is C20H19N3O2. The van der Waals surface area contributed by atoms with Crippen molar-refractivity contribution in [2.75, 3.05) is 0 Å². The molecular weight excluding hydrogens is 314 g/mol. The Morgan fingerprint density at radius 3 is 2.44 bits per heavy atom.